The van der Waals surface area contributed by atoms with Crippen LogP contribution in [0.3, 0.4) is 0 Å². The van der Waals surface area contributed by atoms with Gasteiger partial charge in [0.05, 0.1) is 0 Å². The van der Waals surface area contributed by atoms with Crippen molar-refractivity contribution < 1.29 is 9.90 Å². The van der Waals surface area contributed by atoms with E-state index in [1.807, 2.05) is 43.3 Å². The van der Waals surface area contributed by atoms with E-state index in [1.54, 1.807) is 36.3 Å². The minimum absolute atomic E-state index is 0.183. The summed E-state index contributed by atoms with van der Waals surface area (Å²) >= 11 is 0. The molecule has 3 rings (SSSR count). The molecule has 0 unspecified atom stereocenters. The van der Waals surface area contributed by atoms with Crippen LogP contribution in [0.2, 0.25) is 0 Å². The Labute approximate surface area is 152 Å². The van der Waals surface area contributed by atoms with E-state index < -0.39 is 0 Å². The van der Waals surface area contributed by atoms with Gasteiger partial charge in [-0.05, 0) is 42.8 Å². The topological polar surface area (TPSA) is 78.4 Å². The van der Waals surface area contributed by atoms with Gasteiger partial charge in [0.25, 0.3) is 0 Å². The number of aromatic hydroxyl groups is 1. The molecule has 2 N–H and O–H groups in total. The number of carbonyl (C=O) groups excluding carboxylic acids is 1. The maximum absolute atomic E-state index is 12.4. The van der Waals surface area contributed by atoms with Crippen LogP contribution in [0.1, 0.15) is 11.3 Å². The number of aryl methyl sites for hydroxylation is 1. The van der Waals surface area contributed by atoms with E-state index in [4.69, 9.17) is 0 Å². The molecule has 0 atom stereocenters. The molecule has 0 radical (unpaired) electrons. The SMILES string of the molecule is Cc1ccnc(-c2cccc(NC(=O)N(C)Cc3cccc(O)c3)c2)n1. The maximum Gasteiger partial charge on any atom is 0.321 e. The second kappa shape index (κ2) is 7.65. The van der Waals surface area contributed by atoms with E-state index in [1.165, 1.54) is 0 Å². The number of anilines is 1. The van der Waals surface area contributed by atoms with Crippen molar-refractivity contribution in [3.8, 4) is 17.1 Å². The number of urea groups is 1. The molecule has 2 aromatic carbocycles. The Morgan fingerprint density at radius 3 is 2.73 bits per heavy atom. The number of amides is 2. The molecular weight excluding hydrogens is 328 g/mol. The molecule has 6 heteroatoms. The first-order chi connectivity index (χ1) is 12.5. The van der Waals surface area contributed by atoms with Crippen LogP contribution in [0.25, 0.3) is 11.4 Å². The minimum Gasteiger partial charge on any atom is -0.508 e. The molecule has 0 saturated carbocycles. The van der Waals surface area contributed by atoms with Crippen molar-refractivity contribution in [2.45, 2.75) is 13.5 Å². The lowest BCUT2D eigenvalue weighted by Gasteiger charge is -2.18. The van der Waals surface area contributed by atoms with E-state index in [2.05, 4.69) is 15.3 Å². The smallest absolute Gasteiger partial charge is 0.321 e. The Balaban J connectivity index is 1.70. The fraction of sp³-hybridized carbons (Fsp3) is 0.150. The molecule has 0 bridgehead atoms. The van der Waals surface area contributed by atoms with Crippen LogP contribution in [-0.4, -0.2) is 33.1 Å². The number of phenolic OH excluding ortho intramolecular Hbond substituents is 1. The Morgan fingerprint density at radius 2 is 1.96 bits per heavy atom. The second-order valence-corrected chi connectivity index (χ2v) is 6.06. The number of nitrogens with zero attached hydrogens (tertiary/aromatic N) is 3. The molecule has 0 spiro atoms. The first-order valence-electron chi connectivity index (χ1n) is 8.21. The Kier molecular flexibility index (Phi) is 5.12. The van der Waals surface area contributed by atoms with Gasteiger partial charge in [-0.3, -0.25) is 0 Å². The molecule has 0 aliphatic rings. The maximum atomic E-state index is 12.4. The molecule has 1 heterocycles. The van der Waals surface area contributed by atoms with Crippen molar-refractivity contribution in [3.63, 3.8) is 0 Å². The van der Waals surface area contributed by atoms with Gasteiger partial charge in [0, 0.05) is 36.7 Å². The van der Waals surface area contributed by atoms with Crippen molar-refractivity contribution >= 4 is 11.7 Å². The summed E-state index contributed by atoms with van der Waals surface area (Å²) in [6.45, 7) is 2.30. The van der Waals surface area contributed by atoms with Crippen LogP contribution in [0.4, 0.5) is 10.5 Å². The van der Waals surface area contributed by atoms with Gasteiger partial charge in [-0.25, -0.2) is 14.8 Å². The molecule has 0 aliphatic carbocycles. The second-order valence-electron chi connectivity index (χ2n) is 6.06. The van der Waals surface area contributed by atoms with Crippen LogP contribution in [0.5, 0.6) is 5.75 Å². The highest BCUT2D eigenvalue weighted by Crippen LogP contribution is 2.20. The summed E-state index contributed by atoms with van der Waals surface area (Å²) in [6, 6.07) is 15.9. The zero-order chi connectivity index (χ0) is 18.5. The van der Waals surface area contributed by atoms with Crippen LogP contribution in [0, 0.1) is 6.92 Å². The van der Waals surface area contributed by atoms with E-state index in [0.717, 1.165) is 16.8 Å². The standard InChI is InChI=1S/C20H20N4O2/c1-14-9-10-21-19(22-14)16-6-4-7-17(12-16)23-20(26)24(2)13-15-5-3-8-18(25)11-15/h3-12,25H,13H2,1-2H3,(H,23,26). The van der Waals surface area contributed by atoms with Crippen LogP contribution < -0.4 is 5.32 Å². The normalized spacial score (nSPS) is 10.4. The molecule has 0 saturated heterocycles. The average molecular weight is 348 g/mol. The third-order valence-electron chi connectivity index (χ3n) is 3.84. The van der Waals surface area contributed by atoms with Gasteiger partial charge >= 0.3 is 6.03 Å². The molecule has 26 heavy (non-hydrogen) atoms. The predicted octanol–water partition coefficient (Wildman–Crippen LogP) is 3.82. The molecule has 0 fully saturated rings. The highest BCUT2D eigenvalue weighted by molar-refractivity contribution is 5.89. The zero-order valence-electron chi connectivity index (χ0n) is 14.7. The van der Waals surface area contributed by atoms with Crippen molar-refractivity contribution in [1.29, 1.82) is 0 Å². The zero-order valence-corrected chi connectivity index (χ0v) is 14.7. The van der Waals surface area contributed by atoms with Crippen molar-refractivity contribution in [2.24, 2.45) is 0 Å². The predicted molar refractivity (Wildman–Crippen MR) is 101 cm³/mol. The number of carbonyl (C=O) groups is 1. The Morgan fingerprint density at radius 1 is 1.15 bits per heavy atom. The first kappa shape index (κ1) is 17.4. The monoisotopic (exact) mass is 348 g/mol. The molecule has 132 valence electrons. The minimum atomic E-state index is -0.240. The third kappa shape index (κ3) is 4.36. The summed E-state index contributed by atoms with van der Waals surface area (Å²) in [6.07, 6.45) is 1.71. The van der Waals surface area contributed by atoms with Crippen molar-refractivity contribution in [2.75, 3.05) is 12.4 Å². The number of rotatable bonds is 4. The summed E-state index contributed by atoms with van der Waals surface area (Å²) in [7, 11) is 1.70. The lowest BCUT2D eigenvalue weighted by molar-refractivity contribution is 0.220. The van der Waals surface area contributed by atoms with Crippen molar-refractivity contribution in [1.82, 2.24) is 14.9 Å². The Hall–Kier alpha value is -3.41. The fourth-order valence-corrected chi connectivity index (χ4v) is 2.54. The molecular formula is C20H20N4O2. The highest BCUT2D eigenvalue weighted by Gasteiger charge is 2.11. The van der Waals surface area contributed by atoms with Crippen LogP contribution in [0.15, 0.2) is 60.8 Å². The number of hydrogen-bond acceptors (Lipinski definition) is 4. The summed E-state index contributed by atoms with van der Waals surface area (Å²) in [5.41, 5.74) is 3.24. The summed E-state index contributed by atoms with van der Waals surface area (Å²) in [4.78, 5) is 22.6. The fourth-order valence-electron chi connectivity index (χ4n) is 2.54. The molecule has 1 aromatic heterocycles. The van der Waals surface area contributed by atoms with E-state index in [0.29, 0.717) is 18.1 Å². The average Bonchev–Trinajstić information content (AvgIpc) is 2.62. The van der Waals surface area contributed by atoms with Crippen LogP contribution in [-0.2, 0) is 6.54 Å². The first-order valence-corrected chi connectivity index (χ1v) is 8.21. The van der Waals surface area contributed by atoms with Gasteiger partial charge in [-0.1, -0.05) is 24.3 Å². The van der Waals surface area contributed by atoms with Gasteiger partial charge in [-0.15, -0.1) is 0 Å². The van der Waals surface area contributed by atoms with E-state index in [9.17, 15) is 9.90 Å². The highest BCUT2D eigenvalue weighted by atomic mass is 16.3. The quantitative estimate of drug-likeness (QED) is 0.751. The number of hydrogen-bond donors (Lipinski definition) is 2. The van der Waals surface area contributed by atoms with Gasteiger partial charge in [0.2, 0.25) is 0 Å². The largest absolute Gasteiger partial charge is 0.508 e. The lowest BCUT2D eigenvalue weighted by Crippen LogP contribution is -2.30. The van der Waals surface area contributed by atoms with Gasteiger partial charge in [0.1, 0.15) is 5.75 Å². The summed E-state index contributed by atoms with van der Waals surface area (Å²) < 4.78 is 0. The van der Waals surface area contributed by atoms with E-state index in [-0.39, 0.29) is 11.8 Å². The van der Waals surface area contributed by atoms with E-state index >= 15 is 0 Å². The van der Waals surface area contributed by atoms with Gasteiger partial charge < -0.3 is 15.3 Å². The van der Waals surface area contributed by atoms with Crippen molar-refractivity contribution in [3.05, 3.63) is 72.1 Å². The lowest BCUT2D eigenvalue weighted by atomic mass is 10.2. The number of nitrogens with one attached hydrogen (secondary N) is 1. The molecule has 0 aliphatic heterocycles. The third-order valence-corrected chi connectivity index (χ3v) is 3.84. The summed E-state index contributed by atoms with van der Waals surface area (Å²) in [5.74, 6) is 0.802. The number of phenols is 1. The van der Waals surface area contributed by atoms with Gasteiger partial charge in [0.15, 0.2) is 5.82 Å². The van der Waals surface area contributed by atoms with Gasteiger partial charge in [-0.2, -0.15) is 0 Å². The molecule has 6 nitrogen and oxygen atoms in total. The number of aromatic nitrogens is 2. The van der Waals surface area contributed by atoms with Crippen LogP contribution >= 0.6 is 0 Å². The summed E-state index contributed by atoms with van der Waals surface area (Å²) in [5, 5.41) is 12.4. The number of benzene rings is 2. The Bertz CT molecular complexity index is 927. The molecule has 3 aromatic rings. The molecule has 2 amide bonds.